The Balaban J connectivity index is 2.20. The van der Waals surface area contributed by atoms with E-state index in [4.69, 9.17) is 10.00 Å². The summed E-state index contributed by atoms with van der Waals surface area (Å²) in [6.07, 6.45) is 1.54. The molecule has 3 nitrogen and oxygen atoms in total. The van der Waals surface area contributed by atoms with Gasteiger partial charge >= 0.3 is 5.97 Å². The van der Waals surface area contributed by atoms with Crippen LogP contribution in [-0.4, -0.2) is 12.2 Å². The molecule has 0 spiro atoms. The summed E-state index contributed by atoms with van der Waals surface area (Å²) in [7, 11) is 0. The zero-order chi connectivity index (χ0) is 18.2. The molecule has 130 valence electrons. The molecule has 0 saturated heterocycles. The second-order valence-corrected chi connectivity index (χ2v) is 7.03. The molecule has 1 fully saturated rings. The van der Waals surface area contributed by atoms with E-state index in [0.717, 1.165) is 11.8 Å². The van der Waals surface area contributed by atoms with Crippen LogP contribution < -0.4 is 0 Å². The van der Waals surface area contributed by atoms with Crippen molar-refractivity contribution in [1.29, 1.82) is 5.26 Å². The Morgan fingerprint density at radius 3 is 2.08 bits per heavy atom. The van der Waals surface area contributed by atoms with Gasteiger partial charge in [-0.05, 0) is 11.7 Å². The van der Waals surface area contributed by atoms with Gasteiger partial charge in [-0.1, -0.05) is 13.8 Å². The Bertz CT molecular complexity index is 701. The van der Waals surface area contributed by atoms with Crippen LogP contribution in [0.25, 0.3) is 0 Å². The van der Waals surface area contributed by atoms with E-state index in [-0.39, 0.29) is 5.75 Å². The molecule has 1 aromatic carbocycles. The second-order valence-electron chi connectivity index (χ2n) is 6.16. The second kappa shape index (κ2) is 6.63. The molecular weight excluding hydrogens is 346 g/mol. The maximum Gasteiger partial charge on any atom is 0.311 e. The highest BCUT2D eigenvalue weighted by atomic mass is 32.2. The largest absolute Gasteiger partial charge is 0.460 e. The summed E-state index contributed by atoms with van der Waals surface area (Å²) >= 11 is 1.01. The van der Waals surface area contributed by atoms with Gasteiger partial charge in [0.15, 0.2) is 23.3 Å². The van der Waals surface area contributed by atoms with Crippen LogP contribution in [0.1, 0.15) is 25.0 Å². The first-order valence-corrected chi connectivity index (χ1v) is 8.46. The number of thioether (sulfide) groups is 1. The summed E-state index contributed by atoms with van der Waals surface area (Å²) < 4.78 is 60.4. The molecule has 1 saturated carbocycles. The molecule has 1 aliphatic carbocycles. The van der Waals surface area contributed by atoms with E-state index >= 15 is 0 Å². The predicted octanol–water partition coefficient (Wildman–Crippen LogP) is 3.94. The van der Waals surface area contributed by atoms with Gasteiger partial charge < -0.3 is 4.74 Å². The van der Waals surface area contributed by atoms with Gasteiger partial charge in [-0.3, -0.25) is 4.79 Å². The van der Waals surface area contributed by atoms with Crippen LogP contribution >= 0.6 is 11.8 Å². The number of hydrogen-bond donors (Lipinski definition) is 0. The number of esters is 1. The van der Waals surface area contributed by atoms with Gasteiger partial charge in [0.25, 0.3) is 0 Å². The lowest BCUT2D eigenvalue weighted by atomic mass is 10.1. The average molecular weight is 361 g/mol. The minimum absolute atomic E-state index is 0.230. The number of ether oxygens (including phenoxy) is 1. The van der Waals surface area contributed by atoms with Gasteiger partial charge in [-0.15, -0.1) is 0 Å². The molecule has 1 aromatic rings. The zero-order valence-corrected chi connectivity index (χ0v) is 14.1. The molecule has 0 bridgehead atoms. The van der Waals surface area contributed by atoms with Crippen LogP contribution in [0.2, 0.25) is 0 Å². The Morgan fingerprint density at radius 1 is 1.17 bits per heavy atom. The van der Waals surface area contributed by atoms with E-state index in [1.54, 1.807) is 13.8 Å². The number of nitrogens with zero attached hydrogens (tertiary/aromatic N) is 1. The van der Waals surface area contributed by atoms with Crippen LogP contribution in [0.3, 0.4) is 0 Å². The number of carbonyl (C=O) groups excluding carboxylic acids is 1. The van der Waals surface area contributed by atoms with Crippen molar-refractivity contribution in [3.63, 3.8) is 0 Å². The van der Waals surface area contributed by atoms with Gasteiger partial charge in [-0.25, -0.2) is 17.6 Å². The van der Waals surface area contributed by atoms with Gasteiger partial charge in [-0.2, -0.15) is 17.0 Å². The van der Waals surface area contributed by atoms with Crippen LogP contribution in [0.4, 0.5) is 17.6 Å². The fraction of sp³-hybridized carbons (Fsp3) is 0.500. The zero-order valence-electron chi connectivity index (χ0n) is 13.3. The molecule has 2 atom stereocenters. The fourth-order valence-electron chi connectivity index (χ4n) is 2.67. The Kier molecular flexibility index (Phi) is 5.14. The molecule has 1 aliphatic rings. The summed E-state index contributed by atoms with van der Waals surface area (Å²) in [5, 5.41) is 8.91. The van der Waals surface area contributed by atoms with E-state index in [9.17, 15) is 22.4 Å². The van der Waals surface area contributed by atoms with Crippen molar-refractivity contribution >= 4 is 17.7 Å². The minimum Gasteiger partial charge on any atom is -0.460 e. The summed E-state index contributed by atoms with van der Waals surface area (Å²) in [4.78, 5) is 11.9. The van der Waals surface area contributed by atoms with Crippen molar-refractivity contribution in [3.05, 3.63) is 34.4 Å². The van der Waals surface area contributed by atoms with Gasteiger partial charge in [0.05, 0.1) is 23.5 Å². The van der Waals surface area contributed by atoms with E-state index < -0.39 is 64.2 Å². The van der Waals surface area contributed by atoms with Crippen LogP contribution in [0.15, 0.2) is 0 Å². The van der Waals surface area contributed by atoms with Gasteiger partial charge in [0, 0.05) is 11.3 Å². The number of carbonyl (C=O) groups is 1. The fourth-order valence-corrected chi connectivity index (χ4v) is 3.21. The number of nitriles is 1. The highest BCUT2D eigenvalue weighted by Crippen LogP contribution is 2.58. The van der Waals surface area contributed by atoms with Crippen molar-refractivity contribution in [3.8, 4) is 6.07 Å². The number of benzene rings is 1. The SMILES string of the molecule is CSCc1c(F)c(F)c(COC(=O)[C@@H]2[C@H](C#N)C2(C)C)c(F)c1F. The highest BCUT2D eigenvalue weighted by Gasteiger charge is 2.63. The lowest BCUT2D eigenvalue weighted by Gasteiger charge is -2.12. The molecule has 0 unspecified atom stereocenters. The average Bonchev–Trinajstić information content (AvgIpc) is 3.10. The first-order chi connectivity index (χ1) is 11.2. The normalized spacial score (nSPS) is 21.2. The third kappa shape index (κ3) is 2.97. The Hall–Kier alpha value is -1.75. The molecule has 0 radical (unpaired) electrons. The van der Waals surface area contributed by atoms with Crippen LogP contribution in [-0.2, 0) is 21.9 Å². The molecule has 0 heterocycles. The standard InChI is InChI=1S/C16H15F4NO2S/c1-16(2)9(4-21)10(16)15(22)23-5-7-11(17)13(19)8(6-24-3)14(20)12(7)18/h9-10H,5-6H2,1-3H3/t9-,10-/m0/s1. The van der Waals surface area contributed by atoms with E-state index in [1.807, 2.05) is 6.07 Å². The summed E-state index contributed by atoms with van der Waals surface area (Å²) in [6, 6.07) is 1.95. The molecule has 24 heavy (non-hydrogen) atoms. The van der Waals surface area contributed by atoms with Crippen molar-refractivity contribution in [2.75, 3.05) is 6.26 Å². The first kappa shape index (κ1) is 18.6. The minimum atomic E-state index is -1.57. The molecule has 0 aromatic heterocycles. The molecule has 0 aliphatic heterocycles. The topological polar surface area (TPSA) is 50.1 Å². The van der Waals surface area contributed by atoms with Crippen molar-refractivity contribution in [1.82, 2.24) is 0 Å². The van der Waals surface area contributed by atoms with Crippen LogP contribution in [0.5, 0.6) is 0 Å². The lowest BCUT2D eigenvalue weighted by Crippen LogP contribution is -2.14. The smallest absolute Gasteiger partial charge is 0.311 e. The first-order valence-electron chi connectivity index (χ1n) is 7.07. The predicted molar refractivity (Wildman–Crippen MR) is 79.7 cm³/mol. The molecule has 0 amide bonds. The highest BCUT2D eigenvalue weighted by molar-refractivity contribution is 7.97. The van der Waals surface area contributed by atoms with E-state index in [1.165, 1.54) is 6.26 Å². The van der Waals surface area contributed by atoms with E-state index in [0.29, 0.717) is 0 Å². The Morgan fingerprint density at radius 2 is 1.67 bits per heavy atom. The number of rotatable bonds is 5. The third-order valence-corrected chi connectivity index (χ3v) is 4.89. The molecular formula is C16H15F4NO2S. The Labute approximate surface area is 141 Å². The number of halogens is 4. The van der Waals surface area contributed by atoms with Gasteiger partial charge in [0.1, 0.15) is 6.61 Å². The molecule has 0 N–H and O–H groups in total. The molecule has 8 heteroatoms. The maximum atomic E-state index is 14.0. The summed E-state index contributed by atoms with van der Waals surface area (Å²) in [6.45, 7) is 2.43. The van der Waals surface area contributed by atoms with Crippen LogP contribution in [0, 0.1) is 51.9 Å². The summed E-state index contributed by atoms with van der Waals surface area (Å²) in [5.41, 5.74) is -2.27. The van der Waals surface area contributed by atoms with E-state index in [2.05, 4.69) is 0 Å². The lowest BCUT2D eigenvalue weighted by molar-refractivity contribution is -0.147. The number of hydrogen-bond acceptors (Lipinski definition) is 4. The van der Waals surface area contributed by atoms with Crippen molar-refractivity contribution < 1.29 is 27.1 Å². The quantitative estimate of drug-likeness (QED) is 0.453. The third-order valence-electron chi connectivity index (χ3n) is 4.31. The van der Waals surface area contributed by atoms with Crippen molar-refractivity contribution in [2.24, 2.45) is 17.3 Å². The molecule has 2 rings (SSSR count). The maximum absolute atomic E-state index is 14.0. The summed E-state index contributed by atoms with van der Waals surface area (Å²) in [5.74, 6) is -8.45. The monoisotopic (exact) mass is 361 g/mol. The van der Waals surface area contributed by atoms with Gasteiger partial charge in [0.2, 0.25) is 0 Å². The van der Waals surface area contributed by atoms with Crippen molar-refractivity contribution in [2.45, 2.75) is 26.2 Å².